The van der Waals surface area contributed by atoms with Crippen molar-refractivity contribution in [2.45, 2.75) is 67.2 Å². The SMILES string of the molecule is CCCC.CCCC.Cc1nc2c(C)cccc2[nH]1. The molecule has 0 amide bonds. The second-order valence-electron chi connectivity index (χ2n) is 4.79. The maximum absolute atomic E-state index is 4.36. The van der Waals surface area contributed by atoms with Gasteiger partial charge in [-0.15, -0.1) is 0 Å². The van der Waals surface area contributed by atoms with Crippen LogP contribution < -0.4 is 0 Å². The Balaban J connectivity index is 0.000000342. The number of aryl methyl sites for hydroxylation is 2. The molecular weight excluding hydrogens is 232 g/mol. The molecule has 1 aromatic carbocycles. The second kappa shape index (κ2) is 10.6. The van der Waals surface area contributed by atoms with Crippen molar-refractivity contribution >= 4 is 11.0 Å². The number of unbranched alkanes of at least 4 members (excludes halogenated alkanes) is 2. The number of fused-ring (bicyclic) bond motifs is 1. The highest BCUT2D eigenvalue weighted by atomic mass is 14.9. The van der Waals surface area contributed by atoms with Crippen LogP contribution in [0.2, 0.25) is 0 Å². The van der Waals surface area contributed by atoms with E-state index in [1.165, 1.54) is 31.2 Å². The van der Waals surface area contributed by atoms with E-state index in [1.807, 2.05) is 19.1 Å². The number of rotatable bonds is 2. The first kappa shape index (κ1) is 17.7. The molecule has 108 valence electrons. The van der Waals surface area contributed by atoms with Crippen LogP contribution in [0.25, 0.3) is 11.0 Å². The predicted octanol–water partition coefficient (Wildman–Crippen LogP) is 5.79. The molecular formula is C17H30N2. The van der Waals surface area contributed by atoms with Crippen molar-refractivity contribution in [1.29, 1.82) is 0 Å². The molecule has 2 nitrogen and oxygen atoms in total. The van der Waals surface area contributed by atoms with Crippen molar-refractivity contribution in [1.82, 2.24) is 9.97 Å². The van der Waals surface area contributed by atoms with Gasteiger partial charge in [0, 0.05) is 0 Å². The molecule has 0 aliphatic carbocycles. The summed E-state index contributed by atoms with van der Waals surface area (Å²) in [5.74, 6) is 0.981. The lowest BCUT2D eigenvalue weighted by molar-refractivity contribution is 0.886. The molecule has 2 aromatic rings. The fraction of sp³-hybridized carbons (Fsp3) is 0.588. The molecule has 2 heteroatoms. The second-order valence-corrected chi connectivity index (χ2v) is 4.79. The van der Waals surface area contributed by atoms with Gasteiger partial charge >= 0.3 is 0 Å². The van der Waals surface area contributed by atoms with Gasteiger partial charge in [0.25, 0.3) is 0 Å². The Bertz CT molecular complexity index is 435. The van der Waals surface area contributed by atoms with Gasteiger partial charge in [-0.1, -0.05) is 65.5 Å². The summed E-state index contributed by atoms with van der Waals surface area (Å²) in [4.78, 5) is 7.55. The molecule has 1 aromatic heterocycles. The van der Waals surface area contributed by atoms with Gasteiger partial charge in [-0.25, -0.2) is 4.98 Å². The van der Waals surface area contributed by atoms with Gasteiger partial charge in [0.2, 0.25) is 0 Å². The molecule has 19 heavy (non-hydrogen) atoms. The third kappa shape index (κ3) is 7.00. The van der Waals surface area contributed by atoms with Gasteiger partial charge in [-0.05, 0) is 25.5 Å². The van der Waals surface area contributed by atoms with E-state index in [9.17, 15) is 0 Å². The number of imidazole rings is 1. The highest BCUT2D eigenvalue weighted by Gasteiger charge is 1.99. The number of H-pyrrole nitrogens is 1. The lowest BCUT2D eigenvalue weighted by atomic mass is 10.2. The third-order valence-corrected chi connectivity index (χ3v) is 2.83. The summed E-state index contributed by atoms with van der Waals surface area (Å²) in [5.41, 5.74) is 3.44. The Morgan fingerprint density at radius 3 is 1.84 bits per heavy atom. The number of para-hydroxylation sites is 1. The van der Waals surface area contributed by atoms with Crippen molar-refractivity contribution < 1.29 is 0 Å². The van der Waals surface area contributed by atoms with Crippen LogP contribution >= 0.6 is 0 Å². The molecule has 0 spiro atoms. The largest absolute Gasteiger partial charge is 0.342 e. The molecule has 0 unspecified atom stereocenters. The van der Waals surface area contributed by atoms with Crippen LogP contribution in [0.1, 0.15) is 64.8 Å². The fourth-order valence-corrected chi connectivity index (χ4v) is 1.30. The van der Waals surface area contributed by atoms with Crippen LogP contribution in [-0.2, 0) is 0 Å². The molecule has 2 rings (SSSR count). The zero-order valence-corrected chi connectivity index (χ0v) is 13.5. The summed E-state index contributed by atoms with van der Waals surface area (Å²) in [5, 5.41) is 0. The van der Waals surface area contributed by atoms with Crippen molar-refractivity contribution in [3.63, 3.8) is 0 Å². The molecule has 1 N–H and O–H groups in total. The Morgan fingerprint density at radius 2 is 1.42 bits per heavy atom. The summed E-state index contributed by atoms with van der Waals surface area (Å²) >= 11 is 0. The Morgan fingerprint density at radius 1 is 0.895 bits per heavy atom. The van der Waals surface area contributed by atoms with E-state index in [4.69, 9.17) is 0 Å². The van der Waals surface area contributed by atoms with Crippen LogP contribution in [0.4, 0.5) is 0 Å². The lowest BCUT2D eigenvalue weighted by Gasteiger charge is -1.90. The first-order valence-electron chi connectivity index (χ1n) is 7.52. The van der Waals surface area contributed by atoms with E-state index in [0.717, 1.165) is 16.9 Å². The van der Waals surface area contributed by atoms with Gasteiger partial charge in [0.1, 0.15) is 5.82 Å². The average Bonchev–Trinajstić information content (AvgIpc) is 2.81. The van der Waals surface area contributed by atoms with Gasteiger partial charge < -0.3 is 4.98 Å². The molecule has 0 atom stereocenters. The number of aromatic nitrogens is 2. The third-order valence-electron chi connectivity index (χ3n) is 2.83. The lowest BCUT2D eigenvalue weighted by Crippen LogP contribution is -1.74. The number of hydrogen-bond acceptors (Lipinski definition) is 1. The smallest absolute Gasteiger partial charge is 0.104 e. The molecule has 0 radical (unpaired) electrons. The predicted molar refractivity (Wildman–Crippen MR) is 86.7 cm³/mol. The normalized spacial score (nSPS) is 9.37. The van der Waals surface area contributed by atoms with E-state index in [2.05, 4.69) is 50.7 Å². The summed E-state index contributed by atoms with van der Waals surface area (Å²) in [7, 11) is 0. The van der Waals surface area contributed by atoms with Crippen molar-refractivity contribution in [2.24, 2.45) is 0 Å². The highest BCUT2D eigenvalue weighted by molar-refractivity contribution is 5.78. The zero-order valence-electron chi connectivity index (χ0n) is 13.5. The van der Waals surface area contributed by atoms with Gasteiger partial charge in [0.15, 0.2) is 0 Å². The number of hydrogen-bond donors (Lipinski definition) is 1. The summed E-state index contributed by atoms with van der Waals surface area (Å²) in [6.07, 6.45) is 5.28. The number of nitrogens with one attached hydrogen (secondary N) is 1. The maximum atomic E-state index is 4.36. The van der Waals surface area contributed by atoms with Crippen molar-refractivity contribution in [2.75, 3.05) is 0 Å². The monoisotopic (exact) mass is 262 g/mol. The quantitative estimate of drug-likeness (QED) is 0.728. The Labute approximate surface area is 118 Å². The maximum Gasteiger partial charge on any atom is 0.104 e. The minimum Gasteiger partial charge on any atom is -0.342 e. The number of nitrogens with zero attached hydrogens (tertiary/aromatic N) is 1. The van der Waals surface area contributed by atoms with Gasteiger partial charge in [-0.2, -0.15) is 0 Å². The van der Waals surface area contributed by atoms with E-state index in [-0.39, 0.29) is 0 Å². The van der Waals surface area contributed by atoms with Gasteiger partial charge in [-0.3, -0.25) is 0 Å². The molecule has 0 saturated carbocycles. The first-order chi connectivity index (χ1) is 9.10. The van der Waals surface area contributed by atoms with Crippen molar-refractivity contribution in [3.8, 4) is 0 Å². The van der Waals surface area contributed by atoms with E-state index < -0.39 is 0 Å². The number of aromatic amines is 1. The summed E-state index contributed by atoms with van der Waals surface area (Å²) in [6.45, 7) is 12.8. The van der Waals surface area contributed by atoms with Crippen LogP contribution in [0, 0.1) is 13.8 Å². The standard InChI is InChI=1S/C9H10N2.2C4H10/c1-6-4-3-5-8-9(6)11-7(2)10-8;2*1-3-4-2/h3-5H,1-2H3,(H,10,11);2*3-4H2,1-2H3. The van der Waals surface area contributed by atoms with Crippen LogP contribution in [-0.4, -0.2) is 9.97 Å². The van der Waals surface area contributed by atoms with Crippen LogP contribution in [0.15, 0.2) is 18.2 Å². The topological polar surface area (TPSA) is 28.7 Å². The molecule has 0 aliphatic rings. The van der Waals surface area contributed by atoms with Crippen LogP contribution in [0.3, 0.4) is 0 Å². The molecule has 0 saturated heterocycles. The first-order valence-corrected chi connectivity index (χ1v) is 7.52. The fourth-order valence-electron chi connectivity index (χ4n) is 1.30. The molecule has 0 aliphatic heterocycles. The molecule has 0 fully saturated rings. The Kier molecular flexibility index (Phi) is 9.87. The minimum atomic E-state index is 0.981. The minimum absolute atomic E-state index is 0.981. The van der Waals surface area contributed by atoms with Gasteiger partial charge in [0.05, 0.1) is 11.0 Å². The molecule has 0 bridgehead atoms. The van der Waals surface area contributed by atoms with Crippen molar-refractivity contribution in [3.05, 3.63) is 29.6 Å². The zero-order chi connectivity index (χ0) is 14.7. The van der Waals surface area contributed by atoms with Crippen LogP contribution in [0.5, 0.6) is 0 Å². The number of benzene rings is 1. The Hall–Kier alpha value is -1.31. The van der Waals surface area contributed by atoms with E-state index in [1.54, 1.807) is 0 Å². The van der Waals surface area contributed by atoms with E-state index in [0.29, 0.717) is 0 Å². The average molecular weight is 262 g/mol. The molecule has 1 heterocycles. The highest BCUT2D eigenvalue weighted by Crippen LogP contribution is 2.14. The summed E-state index contributed by atoms with van der Waals surface area (Å²) < 4.78 is 0. The summed E-state index contributed by atoms with van der Waals surface area (Å²) in [6, 6.07) is 6.15. The van der Waals surface area contributed by atoms with E-state index >= 15 is 0 Å².